The van der Waals surface area contributed by atoms with Crippen LogP contribution in [0.15, 0.2) is 30.3 Å². The van der Waals surface area contributed by atoms with E-state index in [4.69, 9.17) is 0 Å². The average molecular weight is 287 g/mol. The molecule has 1 fully saturated rings. The second-order valence-corrected chi connectivity index (χ2v) is 6.06. The van der Waals surface area contributed by atoms with Gasteiger partial charge in [0.1, 0.15) is 0 Å². The second kappa shape index (κ2) is 9.01. The Morgan fingerprint density at radius 1 is 1.19 bits per heavy atom. The summed E-state index contributed by atoms with van der Waals surface area (Å²) in [5, 5.41) is 12.7. The van der Waals surface area contributed by atoms with E-state index in [2.05, 4.69) is 48.7 Å². The van der Waals surface area contributed by atoms with Crippen molar-refractivity contribution in [1.82, 2.24) is 5.32 Å². The van der Waals surface area contributed by atoms with Crippen LogP contribution in [0.25, 0.3) is 6.08 Å². The lowest BCUT2D eigenvalue weighted by Gasteiger charge is -2.17. The molecule has 0 radical (unpaired) electrons. The molecular formula is C19H29NO. The molecule has 0 unspecified atom stereocenters. The predicted molar refractivity (Wildman–Crippen MR) is 90.5 cm³/mol. The van der Waals surface area contributed by atoms with Gasteiger partial charge in [0.05, 0.1) is 6.61 Å². The van der Waals surface area contributed by atoms with Gasteiger partial charge in [-0.3, -0.25) is 0 Å². The molecule has 0 amide bonds. The fourth-order valence-electron chi connectivity index (χ4n) is 3.12. The van der Waals surface area contributed by atoms with Gasteiger partial charge in [0.25, 0.3) is 0 Å². The Bertz CT molecular complexity index is 424. The highest BCUT2D eigenvalue weighted by atomic mass is 16.3. The predicted octanol–water partition coefficient (Wildman–Crippen LogP) is 4.11. The molecule has 116 valence electrons. The summed E-state index contributed by atoms with van der Waals surface area (Å²) >= 11 is 0. The van der Waals surface area contributed by atoms with Gasteiger partial charge in [0.15, 0.2) is 0 Å². The van der Waals surface area contributed by atoms with Gasteiger partial charge in [-0.1, -0.05) is 62.6 Å². The van der Waals surface area contributed by atoms with E-state index in [0.717, 1.165) is 13.0 Å². The van der Waals surface area contributed by atoms with Crippen LogP contribution in [0.1, 0.15) is 62.5 Å². The SMILES string of the molecule is CCCCCC/C=C/c1ccc([C@H]2CCN[C@@H]2CO)cc1. The van der Waals surface area contributed by atoms with E-state index in [-0.39, 0.29) is 12.6 Å². The maximum Gasteiger partial charge on any atom is 0.0590 e. The molecule has 0 saturated carbocycles. The molecule has 0 aromatic heterocycles. The Kier molecular flexibility index (Phi) is 6.98. The number of benzene rings is 1. The highest BCUT2D eigenvalue weighted by Crippen LogP contribution is 2.27. The molecule has 1 saturated heterocycles. The minimum absolute atomic E-state index is 0.226. The molecule has 1 heterocycles. The van der Waals surface area contributed by atoms with E-state index in [0.29, 0.717) is 5.92 Å². The van der Waals surface area contributed by atoms with Crippen LogP contribution in [0.4, 0.5) is 0 Å². The molecule has 0 bridgehead atoms. The fraction of sp³-hybridized carbons (Fsp3) is 0.579. The summed E-state index contributed by atoms with van der Waals surface area (Å²) in [4.78, 5) is 0. The molecule has 1 aromatic carbocycles. The maximum atomic E-state index is 9.38. The van der Waals surface area contributed by atoms with Crippen molar-refractivity contribution >= 4 is 6.08 Å². The smallest absolute Gasteiger partial charge is 0.0590 e. The normalized spacial score (nSPS) is 22.2. The first-order chi connectivity index (χ1) is 10.3. The number of rotatable bonds is 8. The Hall–Kier alpha value is -1.12. The first kappa shape index (κ1) is 16.3. The third kappa shape index (κ3) is 4.98. The van der Waals surface area contributed by atoms with Gasteiger partial charge in [0.2, 0.25) is 0 Å². The minimum Gasteiger partial charge on any atom is -0.395 e. The number of hydrogen-bond donors (Lipinski definition) is 2. The zero-order chi connectivity index (χ0) is 14.9. The molecule has 0 aliphatic carbocycles. The van der Waals surface area contributed by atoms with E-state index in [9.17, 15) is 5.11 Å². The van der Waals surface area contributed by atoms with Crippen LogP contribution in [0.2, 0.25) is 0 Å². The van der Waals surface area contributed by atoms with Crippen LogP contribution < -0.4 is 5.32 Å². The Labute approximate surface area is 129 Å². The third-order valence-corrected chi connectivity index (χ3v) is 4.44. The lowest BCUT2D eigenvalue weighted by atomic mass is 9.91. The molecule has 0 spiro atoms. The number of allylic oxidation sites excluding steroid dienone is 1. The molecule has 2 N–H and O–H groups in total. The molecule has 2 nitrogen and oxygen atoms in total. The first-order valence-corrected chi connectivity index (χ1v) is 8.46. The van der Waals surface area contributed by atoms with Crippen LogP contribution in [0.3, 0.4) is 0 Å². The maximum absolute atomic E-state index is 9.38. The summed E-state index contributed by atoms with van der Waals surface area (Å²) in [6, 6.07) is 9.06. The Balaban J connectivity index is 1.83. The largest absolute Gasteiger partial charge is 0.395 e. The van der Waals surface area contributed by atoms with E-state index >= 15 is 0 Å². The molecular weight excluding hydrogens is 258 g/mol. The van der Waals surface area contributed by atoms with Crippen molar-refractivity contribution in [2.75, 3.05) is 13.2 Å². The standard InChI is InChI=1S/C19H29NO/c1-2-3-4-5-6-7-8-16-9-11-17(12-10-16)18-13-14-20-19(18)15-21/h7-12,18-21H,2-6,13-15H2,1H3/b8-7+/t18-,19-/m1/s1. The summed E-state index contributed by atoms with van der Waals surface area (Å²) in [6.07, 6.45) is 12.1. The summed E-state index contributed by atoms with van der Waals surface area (Å²) in [5.41, 5.74) is 2.62. The van der Waals surface area contributed by atoms with Gasteiger partial charge < -0.3 is 10.4 Å². The lowest BCUT2D eigenvalue weighted by Crippen LogP contribution is -2.29. The van der Waals surface area contributed by atoms with E-state index in [1.54, 1.807) is 0 Å². The monoisotopic (exact) mass is 287 g/mol. The van der Waals surface area contributed by atoms with Crippen molar-refractivity contribution in [3.8, 4) is 0 Å². The van der Waals surface area contributed by atoms with E-state index in [1.807, 2.05) is 0 Å². The van der Waals surface area contributed by atoms with Crippen molar-refractivity contribution in [3.05, 3.63) is 41.5 Å². The second-order valence-electron chi connectivity index (χ2n) is 6.06. The number of aliphatic hydroxyl groups excluding tert-OH is 1. The molecule has 2 rings (SSSR count). The summed E-state index contributed by atoms with van der Waals surface area (Å²) < 4.78 is 0. The molecule has 1 aromatic rings. The van der Waals surface area contributed by atoms with E-state index < -0.39 is 0 Å². The Morgan fingerprint density at radius 2 is 2.00 bits per heavy atom. The van der Waals surface area contributed by atoms with Crippen LogP contribution in [-0.2, 0) is 0 Å². The Morgan fingerprint density at radius 3 is 2.71 bits per heavy atom. The highest BCUT2D eigenvalue weighted by Gasteiger charge is 2.27. The average Bonchev–Trinajstić information content (AvgIpc) is 3.00. The van der Waals surface area contributed by atoms with Gasteiger partial charge >= 0.3 is 0 Å². The van der Waals surface area contributed by atoms with Gasteiger partial charge in [-0.05, 0) is 36.9 Å². The fourth-order valence-corrected chi connectivity index (χ4v) is 3.12. The molecule has 2 atom stereocenters. The number of nitrogens with one attached hydrogen (secondary N) is 1. The molecule has 2 heteroatoms. The van der Waals surface area contributed by atoms with E-state index in [1.165, 1.54) is 43.2 Å². The van der Waals surface area contributed by atoms with Crippen LogP contribution in [0, 0.1) is 0 Å². The zero-order valence-corrected chi connectivity index (χ0v) is 13.2. The lowest BCUT2D eigenvalue weighted by molar-refractivity contribution is 0.245. The van der Waals surface area contributed by atoms with Gasteiger partial charge in [0, 0.05) is 12.0 Å². The highest BCUT2D eigenvalue weighted by molar-refractivity contribution is 5.50. The molecule has 21 heavy (non-hydrogen) atoms. The van der Waals surface area contributed by atoms with Crippen LogP contribution >= 0.6 is 0 Å². The third-order valence-electron chi connectivity index (χ3n) is 4.44. The van der Waals surface area contributed by atoms with Gasteiger partial charge in [-0.25, -0.2) is 0 Å². The number of unbranched alkanes of at least 4 members (excludes halogenated alkanes) is 4. The zero-order valence-electron chi connectivity index (χ0n) is 13.2. The van der Waals surface area contributed by atoms with Crippen molar-refractivity contribution in [2.45, 2.75) is 57.4 Å². The van der Waals surface area contributed by atoms with Crippen molar-refractivity contribution in [3.63, 3.8) is 0 Å². The molecule has 1 aliphatic rings. The first-order valence-electron chi connectivity index (χ1n) is 8.46. The molecule has 1 aliphatic heterocycles. The summed E-state index contributed by atoms with van der Waals surface area (Å²) in [5.74, 6) is 0.460. The summed E-state index contributed by atoms with van der Waals surface area (Å²) in [7, 11) is 0. The quantitative estimate of drug-likeness (QED) is 0.705. The van der Waals surface area contributed by atoms with Crippen LogP contribution in [0.5, 0.6) is 0 Å². The number of hydrogen-bond acceptors (Lipinski definition) is 2. The van der Waals surface area contributed by atoms with Gasteiger partial charge in [-0.2, -0.15) is 0 Å². The van der Waals surface area contributed by atoms with Gasteiger partial charge in [-0.15, -0.1) is 0 Å². The topological polar surface area (TPSA) is 32.3 Å². The van der Waals surface area contributed by atoms with Crippen molar-refractivity contribution in [1.29, 1.82) is 0 Å². The van der Waals surface area contributed by atoms with Crippen LogP contribution in [-0.4, -0.2) is 24.3 Å². The summed E-state index contributed by atoms with van der Waals surface area (Å²) in [6.45, 7) is 3.48. The van der Waals surface area contributed by atoms with Crippen molar-refractivity contribution in [2.24, 2.45) is 0 Å². The minimum atomic E-state index is 0.226. The van der Waals surface area contributed by atoms with Crippen molar-refractivity contribution < 1.29 is 5.11 Å². The number of aliphatic hydroxyl groups is 1.